The maximum atomic E-state index is 5.77. The van der Waals surface area contributed by atoms with Crippen LogP contribution in [0.4, 0.5) is 0 Å². The fourth-order valence-electron chi connectivity index (χ4n) is 2.19. The molecule has 0 N–H and O–H groups in total. The van der Waals surface area contributed by atoms with Crippen LogP contribution in [0.15, 0.2) is 0 Å². The van der Waals surface area contributed by atoms with Gasteiger partial charge in [-0.15, -0.1) is 0 Å². The summed E-state index contributed by atoms with van der Waals surface area (Å²) in [5, 5.41) is 0. The van der Waals surface area contributed by atoms with E-state index in [0.717, 1.165) is 24.1 Å². The molecule has 0 radical (unpaired) electrons. The summed E-state index contributed by atoms with van der Waals surface area (Å²) < 4.78 is 12.2. The van der Waals surface area contributed by atoms with Gasteiger partial charge in [-0.1, -0.05) is 0 Å². The molecule has 0 aliphatic heterocycles. The summed E-state index contributed by atoms with van der Waals surface area (Å²) in [6, 6.07) is 0. The van der Waals surface area contributed by atoms with Gasteiger partial charge in [-0.05, 0) is 27.7 Å². The van der Waals surface area contributed by atoms with Crippen LogP contribution in [-0.4, -0.2) is 43.7 Å². The van der Waals surface area contributed by atoms with Crippen molar-refractivity contribution in [2.24, 2.45) is 0 Å². The molecule has 0 aliphatic carbocycles. The Morgan fingerprint density at radius 1 is 1.00 bits per heavy atom. The highest BCUT2D eigenvalue weighted by Gasteiger charge is 2.45. The molecule has 0 aromatic rings. The predicted octanol–water partition coefficient (Wildman–Crippen LogP) is 2.22. The molecular formula is C11H26NO2+. The molecule has 0 aliphatic rings. The van der Waals surface area contributed by atoms with E-state index < -0.39 is 5.91 Å². The smallest absolute Gasteiger partial charge is 0.307 e. The van der Waals surface area contributed by atoms with Gasteiger partial charge in [0, 0.05) is 14.0 Å². The van der Waals surface area contributed by atoms with Gasteiger partial charge in [0.15, 0.2) is 0 Å². The van der Waals surface area contributed by atoms with Crippen LogP contribution in [0.1, 0.15) is 34.6 Å². The standard InChI is InChI=1S/C11H26NO2/c1-7-12(8-2,9-3)11(5,13-6)14-10-4/h7-10H2,1-6H3/q+1. The molecule has 0 aromatic carbocycles. The minimum absolute atomic E-state index is 0.507. The fourth-order valence-corrected chi connectivity index (χ4v) is 2.19. The monoisotopic (exact) mass is 204 g/mol. The number of hydrogen-bond acceptors (Lipinski definition) is 2. The Bertz CT molecular complexity index is 149. The molecule has 0 fully saturated rings. The summed E-state index contributed by atoms with van der Waals surface area (Å²) in [5.41, 5.74) is 0. The minimum Gasteiger partial charge on any atom is -0.307 e. The van der Waals surface area contributed by atoms with E-state index >= 15 is 0 Å². The zero-order chi connectivity index (χ0) is 11.2. The van der Waals surface area contributed by atoms with Crippen LogP contribution in [0.2, 0.25) is 0 Å². The molecule has 0 bridgehead atoms. The lowest BCUT2D eigenvalue weighted by Crippen LogP contribution is -2.65. The molecule has 0 rings (SSSR count). The summed E-state index contributed by atoms with van der Waals surface area (Å²) in [6.45, 7) is 14.4. The number of nitrogens with zero attached hydrogens (tertiary/aromatic N) is 1. The van der Waals surface area contributed by atoms with Crippen molar-refractivity contribution in [2.45, 2.75) is 40.5 Å². The van der Waals surface area contributed by atoms with Crippen molar-refractivity contribution in [3.8, 4) is 0 Å². The summed E-state index contributed by atoms with van der Waals surface area (Å²) >= 11 is 0. The molecule has 3 nitrogen and oxygen atoms in total. The van der Waals surface area contributed by atoms with Crippen LogP contribution >= 0.6 is 0 Å². The molecular weight excluding hydrogens is 178 g/mol. The molecule has 0 spiro atoms. The van der Waals surface area contributed by atoms with Gasteiger partial charge in [0.05, 0.1) is 26.2 Å². The van der Waals surface area contributed by atoms with E-state index in [9.17, 15) is 0 Å². The van der Waals surface area contributed by atoms with Crippen LogP contribution in [0.3, 0.4) is 0 Å². The Morgan fingerprint density at radius 2 is 1.43 bits per heavy atom. The van der Waals surface area contributed by atoms with Crippen molar-refractivity contribution < 1.29 is 14.0 Å². The molecule has 3 heteroatoms. The Hall–Kier alpha value is -0.120. The van der Waals surface area contributed by atoms with E-state index in [1.165, 1.54) is 0 Å². The van der Waals surface area contributed by atoms with Gasteiger partial charge in [0.1, 0.15) is 0 Å². The second kappa shape index (κ2) is 5.69. The first-order valence-electron chi connectivity index (χ1n) is 5.61. The maximum Gasteiger partial charge on any atom is 0.315 e. The molecule has 1 unspecified atom stereocenters. The third-order valence-electron chi connectivity index (χ3n) is 3.47. The summed E-state index contributed by atoms with van der Waals surface area (Å²) in [5.74, 6) is -0.507. The lowest BCUT2D eigenvalue weighted by Gasteiger charge is -2.47. The van der Waals surface area contributed by atoms with Gasteiger partial charge in [-0.25, -0.2) is 0 Å². The number of hydrogen-bond donors (Lipinski definition) is 0. The normalized spacial score (nSPS) is 16.7. The zero-order valence-electron chi connectivity index (χ0n) is 10.6. The van der Waals surface area contributed by atoms with E-state index in [4.69, 9.17) is 9.47 Å². The Kier molecular flexibility index (Phi) is 5.64. The summed E-state index contributed by atoms with van der Waals surface area (Å²) in [7, 11) is 1.73. The van der Waals surface area contributed by atoms with Crippen molar-refractivity contribution in [2.75, 3.05) is 33.4 Å². The van der Waals surface area contributed by atoms with E-state index in [0.29, 0.717) is 6.61 Å². The second-order valence-corrected chi connectivity index (χ2v) is 3.63. The van der Waals surface area contributed by atoms with Gasteiger partial charge < -0.3 is 9.47 Å². The fraction of sp³-hybridized carbons (Fsp3) is 1.00. The third-order valence-corrected chi connectivity index (χ3v) is 3.47. The van der Waals surface area contributed by atoms with Crippen molar-refractivity contribution in [3.05, 3.63) is 0 Å². The van der Waals surface area contributed by atoms with E-state index in [2.05, 4.69) is 20.8 Å². The first-order valence-corrected chi connectivity index (χ1v) is 5.61. The predicted molar refractivity (Wildman–Crippen MR) is 58.9 cm³/mol. The largest absolute Gasteiger partial charge is 0.315 e. The molecule has 86 valence electrons. The summed E-state index contributed by atoms with van der Waals surface area (Å²) in [6.07, 6.45) is 0. The topological polar surface area (TPSA) is 18.5 Å². The number of rotatable bonds is 7. The van der Waals surface area contributed by atoms with Crippen LogP contribution in [0.5, 0.6) is 0 Å². The van der Waals surface area contributed by atoms with Gasteiger partial charge in [0.2, 0.25) is 0 Å². The van der Waals surface area contributed by atoms with Crippen molar-refractivity contribution in [1.29, 1.82) is 0 Å². The van der Waals surface area contributed by atoms with Gasteiger partial charge >= 0.3 is 5.91 Å². The lowest BCUT2D eigenvalue weighted by atomic mass is 10.2. The summed E-state index contributed by atoms with van der Waals surface area (Å²) in [4.78, 5) is 0. The first kappa shape index (κ1) is 13.9. The number of ether oxygens (including phenoxy) is 2. The molecule has 0 saturated carbocycles. The highest BCUT2D eigenvalue weighted by atomic mass is 16.7. The SMILES string of the molecule is CCOC(C)(OC)[N+](CC)(CC)CC. The van der Waals surface area contributed by atoms with E-state index in [1.54, 1.807) is 7.11 Å². The molecule has 0 saturated heterocycles. The first-order chi connectivity index (χ1) is 6.55. The Balaban J connectivity index is 4.90. The van der Waals surface area contributed by atoms with Crippen molar-refractivity contribution in [3.63, 3.8) is 0 Å². The highest BCUT2D eigenvalue weighted by Crippen LogP contribution is 2.26. The van der Waals surface area contributed by atoms with Gasteiger partial charge in [-0.2, -0.15) is 0 Å². The average Bonchev–Trinajstić information content (AvgIpc) is 2.21. The highest BCUT2D eigenvalue weighted by molar-refractivity contribution is 4.51. The third kappa shape index (κ3) is 2.27. The van der Waals surface area contributed by atoms with Crippen LogP contribution in [0, 0.1) is 0 Å². The Morgan fingerprint density at radius 3 is 1.64 bits per heavy atom. The Labute approximate surface area is 88.6 Å². The quantitative estimate of drug-likeness (QED) is 0.467. The molecule has 14 heavy (non-hydrogen) atoms. The lowest BCUT2D eigenvalue weighted by molar-refractivity contribution is -1.02. The average molecular weight is 204 g/mol. The van der Waals surface area contributed by atoms with Gasteiger partial charge in [0.25, 0.3) is 0 Å². The van der Waals surface area contributed by atoms with E-state index in [1.807, 2.05) is 13.8 Å². The van der Waals surface area contributed by atoms with Gasteiger partial charge in [-0.3, -0.25) is 4.48 Å². The van der Waals surface area contributed by atoms with Crippen LogP contribution in [0.25, 0.3) is 0 Å². The minimum atomic E-state index is -0.507. The van der Waals surface area contributed by atoms with E-state index in [-0.39, 0.29) is 0 Å². The molecule has 0 amide bonds. The zero-order valence-corrected chi connectivity index (χ0v) is 10.6. The number of quaternary nitrogens is 1. The second-order valence-electron chi connectivity index (χ2n) is 3.63. The molecule has 0 aromatic heterocycles. The molecule has 1 atom stereocenters. The van der Waals surface area contributed by atoms with Crippen LogP contribution in [-0.2, 0) is 9.47 Å². The van der Waals surface area contributed by atoms with Crippen molar-refractivity contribution >= 4 is 0 Å². The van der Waals surface area contributed by atoms with Crippen LogP contribution < -0.4 is 0 Å². The molecule has 0 heterocycles. The number of methoxy groups -OCH3 is 1. The maximum absolute atomic E-state index is 5.77. The van der Waals surface area contributed by atoms with Crippen molar-refractivity contribution in [1.82, 2.24) is 0 Å².